The molecule has 0 saturated heterocycles. The third-order valence-corrected chi connectivity index (χ3v) is 5.75. The van der Waals surface area contributed by atoms with E-state index < -0.39 is 6.29 Å². The van der Waals surface area contributed by atoms with E-state index in [4.69, 9.17) is 4.74 Å². The molecule has 0 aromatic heterocycles. The Balaban J connectivity index is 1.99. The van der Waals surface area contributed by atoms with Crippen LogP contribution in [0.5, 0.6) is 0 Å². The average molecular weight is 236 g/mol. The summed E-state index contributed by atoms with van der Waals surface area (Å²) in [5, 5.41) is 10.1. The first kappa shape index (κ1) is 11.6. The van der Waals surface area contributed by atoms with E-state index in [1.54, 1.807) is 0 Å². The molecule has 2 saturated carbocycles. The monoisotopic (exact) mass is 236 g/mol. The van der Waals surface area contributed by atoms with Gasteiger partial charge >= 0.3 is 0 Å². The Labute approximate surface area is 104 Å². The van der Waals surface area contributed by atoms with Crippen LogP contribution in [0.15, 0.2) is 11.8 Å². The van der Waals surface area contributed by atoms with Gasteiger partial charge in [-0.15, -0.1) is 0 Å². The maximum atomic E-state index is 10.1. The highest BCUT2D eigenvalue weighted by Crippen LogP contribution is 2.62. The number of aliphatic hydroxyl groups excluding tert-OH is 1. The van der Waals surface area contributed by atoms with Crippen LogP contribution in [0.25, 0.3) is 0 Å². The quantitative estimate of drug-likeness (QED) is 0.698. The first-order valence-electron chi connectivity index (χ1n) is 6.98. The molecule has 2 fully saturated rings. The van der Waals surface area contributed by atoms with E-state index >= 15 is 0 Å². The molecule has 0 amide bonds. The van der Waals surface area contributed by atoms with Crippen LogP contribution in [0, 0.1) is 22.7 Å². The predicted molar refractivity (Wildman–Crippen MR) is 67.1 cm³/mol. The highest BCUT2D eigenvalue weighted by atomic mass is 16.6. The minimum Gasteiger partial charge on any atom is -0.472 e. The van der Waals surface area contributed by atoms with Gasteiger partial charge < -0.3 is 9.84 Å². The van der Waals surface area contributed by atoms with Crippen LogP contribution < -0.4 is 0 Å². The number of rotatable bonds is 0. The largest absolute Gasteiger partial charge is 0.472 e. The number of hydrogen-bond acceptors (Lipinski definition) is 2. The molecule has 2 aliphatic carbocycles. The fourth-order valence-corrected chi connectivity index (χ4v) is 5.03. The fraction of sp³-hybridized carbons (Fsp3) is 0.867. The van der Waals surface area contributed by atoms with E-state index in [9.17, 15) is 5.11 Å². The third kappa shape index (κ3) is 1.49. The molecule has 2 nitrogen and oxygen atoms in total. The molecule has 96 valence electrons. The molecule has 0 aromatic carbocycles. The van der Waals surface area contributed by atoms with Gasteiger partial charge in [0.05, 0.1) is 12.2 Å². The van der Waals surface area contributed by atoms with Crippen molar-refractivity contribution in [3.63, 3.8) is 0 Å². The molecule has 4 atom stereocenters. The highest BCUT2D eigenvalue weighted by Gasteiger charge is 2.57. The number of hydrogen-bond donors (Lipinski definition) is 1. The molecular formula is C15H24O2. The molecular weight excluding hydrogens is 212 g/mol. The van der Waals surface area contributed by atoms with Gasteiger partial charge in [-0.2, -0.15) is 0 Å². The van der Waals surface area contributed by atoms with Crippen molar-refractivity contribution < 1.29 is 9.84 Å². The highest BCUT2D eigenvalue weighted by molar-refractivity contribution is 5.20. The van der Waals surface area contributed by atoms with Gasteiger partial charge in [-0.05, 0) is 48.0 Å². The molecule has 1 heterocycles. The SMILES string of the molecule is CC1(C)CCC[C@]2(C)[C@@H]3C(=CO[C@@H]3O)CC[C@@H]12. The van der Waals surface area contributed by atoms with Gasteiger partial charge in [0, 0.05) is 0 Å². The zero-order valence-electron chi connectivity index (χ0n) is 11.2. The second kappa shape index (κ2) is 3.50. The molecule has 17 heavy (non-hydrogen) atoms. The standard InChI is InChI=1S/C15H24O2/c1-14(2)7-4-8-15(3)11(14)6-5-10-9-17-13(16)12(10)15/h9,11-13,16H,4-8H2,1-3H3/t11-,12+,13-,15-/m0/s1. The Bertz CT molecular complexity index is 358. The second-order valence-electron chi connectivity index (χ2n) is 7.14. The van der Waals surface area contributed by atoms with Crippen molar-refractivity contribution in [3.8, 4) is 0 Å². The minimum absolute atomic E-state index is 0.238. The van der Waals surface area contributed by atoms with Gasteiger partial charge in [0.1, 0.15) is 0 Å². The van der Waals surface area contributed by atoms with Crippen LogP contribution in [0.4, 0.5) is 0 Å². The zero-order valence-corrected chi connectivity index (χ0v) is 11.2. The van der Waals surface area contributed by atoms with E-state index in [2.05, 4.69) is 20.8 Å². The molecule has 3 aliphatic rings. The van der Waals surface area contributed by atoms with Crippen LogP contribution in [0.1, 0.15) is 52.9 Å². The molecule has 0 radical (unpaired) electrons. The second-order valence-corrected chi connectivity index (χ2v) is 7.14. The summed E-state index contributed by atoms with van der Waals surface area (Å²) in [5.41, 5.74) is 2.01. The lowest BCUT2D eigenvalue weighted by molar-refractivity contribution is -0.142. The van der Waals surface area contributed by atoms with Crippen molar-refractivity contribution >= 4 is 0 Å². The molecule has 2 heteroatoms. The lowest BCUT2D eigenvalue weighted by Gasteiger charge is -2.57. The molecule has 0 unspecified atom stereocenters. The summed E-state index contributed by atoms with van der Waals surface area (Å²) in [4.78, 5) is 0. The normalized spacial score (nSPS) is 47.8. The van der Waals surface area contributed by atoms with E-state index in [1.165, 1.54) is 31.3 Å². The smallest absolute Gasteiger partial charge is 0.203 e. The van der Waals surface area contributed by atoms with Crippen LogP contribution >= 0.6 is 0 Å². The summed E-state index contributed by atoms with van der Waals surface area (Å²) in [5.74, 6) is 0.975. The summed E-state index contributed by atoms with van der Waals surface area (Å²) in [7, 11) is 0. The van der Waals surface area contributed by atoms with Gasteiger partial charge in [0.15, 0.2) is 0 Å². The van der Waals surface area contributed by atoms with Crippen LogP contribution in [0.2, 0.25) is 0 Å². The number of ether oxygens (including phenoxy) is 1. The summed E-state index contributed by atoms with van der Waals surface area (Å²) < 4.78 is 5.38. The van der Waals surface area contributed by atoms with Crippen molar-refractivity contribution in [2.45, 2.75) is 59.2 Å². The van der Waals surface area contributed by atoms with Crippen molar-refractivity contribution in [2.24, 2.45) is 22.7 Å². The van der Waals surface area contributed by atoms with Gasteiger partial charge in [0.25, 0.3) is 0 Å². The van der Waals surface area contributed by atoms with Crippen LogP contribution in [0.3, 0.4) is 0 Å². The van der Waals surface area contributed by atoms with Gasteiger partial charge in [-0.3, -0.25) is 0 Å². The molecule has 0 aromatic rings. The first-order chi connectivity index (χ1) is 7.95. The average Bonchev–Trinajstić information content (AvgIpc) is 2.60. The number of fused-ring (bicyclic) bond motifs is 3. The van der Waals surface area contributed by atoms with Crippen molar-refractivity contribution in [2.75, 3.05) is 0 Å². The van der Waals surface area contributed by atoms with E-state index in [0.717, 1.165) is 12.3 Å². The predicted octanol–water partition coefficient (Wildman–Crippen LogP) is 3.46. The zero-order chi connectivity index (χ0) is 12.3. The molecule has 0 bridgehead atoms. The van der Waals surface area contributed by atoms with E-state index in [0.29, 0.717) is 5.41 Å². The topological polar surface area (TPSA) is 29.5 Å². The first-order valence-corrected chi connectivity index (χ1v) is 6.98. The lowest BCUT2D eigenvalue weighted by Crippen LogP contribution is -2.51. The summed E-state index contributed by atoms with van der Waals surface area (Å²) in [6, 6.07) is 0. The van der Waals surface area contributed by atoms with Gasteiger partial charge in [0.2, 0.25) is 6.29 Å². The Morgan fingerprint density at radius 3 is 2.82 bits per heavy atom. The molecule has 3 rings (SSSR count). The fourth-order valence-electron chi connectivity index (χ4n) is 5.03. The maximum absolute atomic E-state index is 10.1. The van der Waals surface area contributed by atoms with Gasteiger partial charge in [-0.25, -0.2) is 0 Å². The molecule has 1 aliphatic heterocycles. The summed E-state index contributed by atoms with van der Waals surface area (Å²) in [6.07, 6.45) is 7.48. The van der Waals surface area contributed by atoms with Crippen molar-refractivity contribution in [1.29, 1.82) is 0 Å². The Hall–Kier alpha value is -0.500. The summed E-state index contributed by atoms with van der Waals surface area (Å²) >= 11 is 0. The van der Waals surface area contributed by atoms with Gasteiger partial charge in [-0.1, -0.05) is 27.2 Å². The maximum Gasteiger partial charge on any atom is 0.203 e. The molecule has 1 N–H and O–H groups in total. The van der Waals surface area contributed by atoms with Crippen molar-refractivity contribution in [3.05, 3.63) is 11.8 Å². The third-order valence-electron chi connectivity index (χ3n) is 5.75. The van der Waals surface area contributed by atoms with E-state index in [-0.39, 0.29) is 11.3 Å². The minimum atomic E-state index is -0.591. The Kier molecular flexibility index (Phi) is 2.39. The summed E-state index contributed by atoms with van der Waals surface area (Å²) in [6.45, 7) is 7.20. The van der Waals surface area contributed by atoms with E-state index in [1.807, 2.05) is 6.26 Å². The van der Waals surface area contributed by atoms with Crippen molar-refractivity contribution in [1.82, 2.24) is 0 Å². The number of aliphatic hydroxyl groups is 1. The van der Waals surface area contributed by atoms with Crippen LogP contribution in [-0.2, 0) is 4.74 Å². The Morgan fingerprint density at radius 2 is 2.06 bits per heavy atom. The van der Waals surface area contributed by atoms with Crippen LogP contribution in [-0.4, -0.2) is 11.4 Å². The molecule has 0 spiro atoms. The Morgan fingerprint density at radius 1 is 1.29 bits per heavy atom. The lowest BCUT2D eigenvalue weighted by atomic mass is 9.48.